The van der Waals surface area contributed by atoms with E-state index in [0.29, 0.717) is 25.4 Å². The Morgan fingerprint density at radius 1 is 1.35 bits per heavy atom. The SMILES string of the molecule is COC[C@H]1C(=O)C[C@H]2[C@H]3CC[C@H](C(=O)O)[C@]12CC3(C)C. The van der Waals surface area contributed by atoms with Gasteiger partial charge >= 0.3 is 5.97 Å². The third-order valence-electron chi connectivity index (χ3n) is 6.45. The van der Waals surface area contributed by atoms with Crippen LogP contribution in [0.2, 0.25) is 0 Å². The quantitative estimate of drug-likeness (QED) is 0.862. The molecule has 5 atom stereocenters. The number of ether oxygens (including phenoxy) is 1. The summed E-state index contributed by atoms with van der Waals surface area (Å²) in [7, 11) is 1.60. The summed E-state index contributed by atoms with van der Waals surface area (Å²) >= 11 is 0. The van der Waals surface area contributed by atoms with Gasteiger partial charge in [-0.15, -0.1) is 0 Å². The predicted molar refractivity (Wildman–Crippen MR) is 73.2 cm³/mol. The van der Waals surface area contributed by atoms with E-state index >= 15 is 0 Å². The molecule has 0 amide bonds. The molecule has 0 unspecified atom stereocenters. The van der Waals surface area contributed by atoms with Gasteiger partial charge in [0.25, 0.3) is 0 Å². The molecule has 4 nitrogen and oxygen atoms in total. The second-order valence-electron chi connectivity index (χ2n) is 7.64. The highest BCUT2D eigenvalue weighted by Crippen LogP contribution is 2.72. The van der Waals surface area contributed by atoms with E-state index in [0.717, 1.165) is 12.8 Å². The van der Waals surface area contributed by atoms with Crippen LogP contribution in [-0.4, -0.2) is 30.6 Å². The zero-order valence-corrected chi connectivity index (χ0v) is 12.5. The summed E-state index contributed by atoms with van der Waals surface area (Å²) in [6.07, 6.45) is 3.08. The van der Waals surface area contributed by atoms with Gasteiger partial charge in [0.2, 0.25) is 0 Å². The third-order valence-corrected chi connectivity index (χ3v) is 6.45. The van der Waals surface area contributed by atoms with Gasteiger partial charge in [-0.3, -0.25) is 9.59 Å². The molecule has 3 aliphatic rings. The van der Waals surface area contributed by atoms with Crippen molar-refractivity contribution in [1.29, 1.82) is 0 Å². The van der Waals surface area contributed by atoms with Crippen LogP contribution in [0.3, 0.4) is 0 Å². The molecule has 20 heavy (non-hydrogen) atoms. The molecule has 0 radical (unpaired) electrons. The highest BCUT2D eigenvalue weighted by atomic mass is 16.5. The molecule has 3 aliphatic carbocycles. The lowest BCUT2D eigenvalue weighted by molar-refractivity contribution is -0.153. The Morgan fingerprint density at radius 2 is 2.05 bits per heavy atom. The molecule has 0 heterocycles. The predicted octanol–water partition coefficient (Wildman–Crippen LogP) is 2.37. The largest absolute Gasteiger partial charge is 0.481 e. The van der Waals surface area contributed by atoms with Crippen molar-refractivity contribution in [3.8, 4) is 0 Å². The smallest absolute Gasteiger partial charge is 0.307 e. The van der Waals surface area contributed by atoms with E-state index in [9.17, 15) is 14.7 Å². The normalized spacial score (nSPS) is 45.5. The molecule has 4 heteroatoms. The van der Waals surface area contributed by atoms with Gasteiger partial charge in [0, 0.05) is 19.4 Å². The number of methoxy groups -OCH3 is 1. The van der Waals surface area contributed by atoms with Gasteiger partial charge in [-0.1, -0.05) is 13.8 Å². The summed E-state index contributed by atoms with van der Waals surface area (Å²) in [4.78, 5) is 24.2. The first-order chi connectivity index (χ1) is 9.34. The second-order valence-corrected chi connectivity index (χ2v) is 7.64. The molecule has 3 fully saturated rings. The van der Waals surface area contributed by atoms with Crippen LogP contribution < -0.4 is 0 Å². The first-order valence-electron chi connectivity index (χ1n) is 7.59. The molecule has 0 aliphatic heterocycles. The molecule has 0 aromatic carbocycles. The Labute approximate surface area is 119 Å². The summed E-state index contributed by atoms with van der Waals surface area (Å²) in [5.41, 5.74) is -0.215. The van der Waals surface area contributed by atoms with Crippen LogP contribution >= 0.6 is 0 Å². The van der Waals surface area contributed by atoms with E-state index in [1.54, 1.807) is 7.11 Å². The number of carboxylic acids is 1. The van der Waals surface area contributed by atoms with Crippen molar-refractivity contribution >= 4 is 11.8 Å². The fourth-order valence-electron chi connectivity index (χ4n) is 5.94. The topological polar surface area (TPSA) is 63.6 Å². The summed E-state index contributed by atoms with van der Waals surface area (Å²) in [6.45, 7) is 4.87. The van der Waals surface area contributed by atoms with Gasteiger partial charge in [0.1, 0.15) is 5.78 Å². The summed E-state index contributed by atoms with van der Waals surface area (Å²) < 4.78 is 5.27. The standard InChI is InChI=1S/C16H24O4/c1-15(2)8-16-10(14(18)19)5-4-9(15)11(16)6-13(17)12(16)7-20-3/h9-12H,4-8H2,1-3H3,(H,18,19)/t9-,10-,11+,12+,16+/m1/s1. The van der Waals surface area contributed by atoms with E-state index in [1.165, 1.54) is 0 Å². The molecule has 0 aromatic heterocycles. The average molecular weight is 280 g/mol. The maximum Gasteiger partial charge on any atom is 0.307 e. The number of Topliss-reactive ketones (excluding diaryl/α,β-unsaturated/α-hetero) is 1. The van der Waals surface area contributed by atoms with Crippen molar-refractivity contribution in [2.24, 2.45) is 34.5 Å². The molecule has 3 saturated carbocycles. The Kier molecular flexibility index (Phi) is 3.02. The minimum absolute atomic E-state index is 0.140. The zero-order chi connectivity index (χ0) is 14.7. The summed E-state index contributed by atoms with van der Waals surface area (Å²) in [5, 5.41) is 9.69. The van der Waals surface area contributed by atoms with Crippen LogP contribution in [0.25, 0.3) is 0 Å². The van der Waals surface area contributed by atoms with Crippen molar-refractivity contribution in [2.75, 3.05) is 13.7 Å². The summed E-state index contributed by atoms with van der Waals surface area (Å²) in [5.74, 6) is -0.350. The molecular weight excluding hydrogens is 256 g/mol. The number of aliphatic carboxylic acids is 1. The molecule has 112 valence electrons. The van der Waals surface area contributed by atoms with Gasteiger partial charge in [0.05, 0.1) is 12.5 Å². The molecule has 0 saturated heterocycles. The Balaban J connectivity index is 2.10. The number of hydrogen-bond acceptors (Lipinski definition) is 3. The second kappa shape index (κ2) is 4.30. The fourth-order valence-corrected chi connectivity index (χ4v) is 5.94. The third kappa shape index (κ3) is 1.57. The van der Waals surface area contributed by atoms with Crippen molar-refractivity contribution in [2.45, 2.75) is 39.5 Å². The van der Waals surface area contributed by atoms with Crippen LogP contribution in [0.15, 0.2) is 0 Å². The molecule has 0 aromatic rings. The number of carbonyl (C=O) groups excluding carboxylic acids is 1. The first kappa shape index (κ1) is 14.1. The number of hydrogen-bond donors (Lipinski definition) is 1. The maximum absolute atomic E-state index is 12.4. The number of ketones is 1. The number of carbonyl (C=O) groups is 2. The molecule has 0 spiro atoms. The molecular formula is C16H24O4. The highest BCUT2D eigenvalue weighted by Gasteiger charge is 2.71. The van der Waals surface area contributed by atoms with E-state index in [-0.39, 0.29) is 34.4 Å². The molecule has 3 rings (SSSR count). The Bertz CT molecular complexity index is 455. The van der Waals surface area contributed by atoms with Crippen molar-refractivity contribution < 1.29 is 19.4 Å². The maximum atomic E-state index is 12.4. The monoisotopic (exact) mass is 280 g/mol. The lowest BCUT2D eigenvalue weighted by Crippen LogP contribution is -2.46. The van der Waals surface area contributed by atoms with Gasteiger partial charge in [-0.2, -0.15) is 0 Å². The van der Waals surface area contributed by atoms with Gasteiger partial charge in [-0.25, -0.2) is 0 Å². The summed E-state index contributed by atoms with van der Waals surface area (Å²) in [6, 6.07) is 0. The van der Waals surface area contributed by atoms with Crippen LogP contribution in [-0.2, 0) is 14.3 Å². The Hall–Kier alpha value is -0.900. The van der Waals surface area contributed by atoms with Crippen molar-refractivity contribution in [1.82, 2.24) is 0 Å². The molecule has 1 N–H and O–H groups in total. The van der Waals surface area contributed by atoms with E-state index in [4.69, 9.17) is 4.74 Å². The highest BCUT2D eigenvalue weighted by molar-refractivity contribution is 5.87. The number of rotatable bonds is 3. The fraction of sp³-hybridized carbons (Fsp3) is 0.875. The average Bonchev–Trinajstić information content (AvgIpc) is 2.67. The van der Waals surface area contributed by atoms with Crippen molar-refractivity contribution in [3.05, 3.63) is 0 Å². The lowest BCUT2D eigenvalue weighted by Gasteiger charge is -2.43. The number of carboxylic acid groups (broad SMARTS) is 1. The van der Waals surface area contributed by atoms with Crippen molar-refractivity contribution in [3.63, 3.8) is 0 Å². The minimum Gasteiger partial charge on any atom is -0.481 e. The van der Waals surface area contributed by atoms with Gasteiger partial charge < -0.3 is 9.84 Å². The first-order valence-corrected chi connectivity index (χ1v) is 7.59. The zero-order valence-electron chi connectivity index (χ0n) is 12.5. The lowest BCUT2D eigenvalue weighted by atomic mass is 9.59. The van der Waals surface area contributed by atoms with E-state index < -0.39 is 5.97 Å². The van der Waals surface area contributed by atoms with Crippen LogP contribution in [0.5, 0.6) is 0 Å². The van der Waals surface area contributed by atoms with E-state index in [2.05, 4.69) is 13.8 Å². The Morgan fingerprint density at radius 3 is 2.65 bits per heavy atom. The molecule has 2 bridgehead atoms. The van der Waals surface area contributed by atoms with Gasteiger partial charge in [-0.05, 0) is 41.9 Å². The van der Waals surface area contributed by atoms with Gasteiger partial charge in [0.15, 0.2) is 0 Å². The van der Waals surface area contributed by atoms with Crippen LogP contribution in [0.4, 0.5) is 0 Å². The minimum atomic E-state index is -0.720. The van der Waals surface area contributed by atoms with E-state index in [1.807, 2.05) is 0 Å². The van der Waals surface area contributed by atoms with Crippen LogP contribution in [0.1, 0.15) is 39.5 Å². The van der Waals surface area contributed by atoms with Crippen LogP contribution in [0, 0.1) is 34.5 Å².